The molecule has 1 N–H and O–H groups in total. The van der Waals surface area contributed by atoms with Crippen LogP contribution >= 0.6 is 15.9 Å². The lowest BCUT2D eigenvalue weighted by Crippen LogP contribution is -2.00. The summed E-state index contributed by atoms with van der Waals surface area (Å²) in [5.41, 5.74) is 0.722. The highest BCUT2D eigenvalue weighted by Crippen LogP contribution is 2.28. The minimum Gasteiger partial charge on any atom is -0.334 e. The van der Waals surface area contributed by atoms with Gasteiger partial charge in [0.15, 0.2) is 0 Å². The fraction of sp³-hybridized carbons (Fsp3) is 0.0833. The van der Waals surface area contributed by atoms with Crippen molar-refractivity contribution in [3.05, 3.63) is 56.4 Å². The van der Waals surface area contributed by atoms with Crippen LogP contribution in [0.4, 0.5) is 21.6 Å². The third-order valence-electron chi connectivity index (χ3n) is 2.47. The number of hydrogen-bond acceptors (Lipinski definition) is 4. The number of halogens is 2. The first kappa shape index (κ1) is 13.4. The van der Waals surface area contributed by atoms with Crippen molar-refractivity contribution in [3.63, 3.8) is 0 Å². The average molecular weight is 326 g/mol. The fourth-order valence-electron chi connectivity index (χ4n) is 1.47. The maximum Gasteiger partial charge on any atom is 0.312 e. The molecule has 7 heteroatoms. The average Bonchev–Trinajstić information content (AvgIpc) is 2.36. The molecule has 0 fully saturated rings. The highest BCUT2D eigenvalue weighted by Gasteiger charge is 2.16. The lowest BCUT2D eigenvalue weighted by molar-refractivity contribution is -0.384. The van der Waals surface area contributed by atoms with Crippen molar-refractivity contribution in [2.45, 2.75) is 6.92 Å². The van der Waals surface area contributed by atoms with Gasteiger partial charge in [-0.3, -0.25) is 10.1 Å². The Kier molecular flexibility index (Phi) is 3.75. The first-order valence-corrected chi connectivity index (χ1v) is 6.10. The second-order valence-electron chi connectivity index (χ2n) is 3.87. The Morgan fingerprint density at radius 3 is 2.79 bits per heavy atom. The largest absolute Gasteiger partial charge is 0.334 e. The van der Waals surface area contributed by atoms with Gasteiger partial charge in [-0.05, 0) is 40.5 Å². The van der Waals surface area contributed by atoms with E-state index in [2.05, 4.69) is 26.2 Å². The number of anilines is 2. The van der Waals surface area contributed by atoms with Crippen LogP contribution in [0.5, 0.6) is 0 Å². The van der Waals surface area contributed by atoms with E-state index in [0.717, 1.165) is 0 Å². The van der Waals surface area contributed by atoms with Gasteiger partial charge in [-0.2, -0.15) is 0 Å². The maximum atomic E-state index is 13.4. The molecular weight excluding hydrogens is 317 g/mol. The van der Waals surface area contributed by atoms with E-state index in [4.69, 9.17) is 0 Å². The molecule has 0 saturated heterocycles. The summed E-state index contributed by atoms with van der Waals surface area (Å²) in [7, 11) is 0. The molecule has 0 aliphatic carbocycles. The predicted octanol–water partition coefficient (Wildman–Crippen LogP) is 3.94. The Balaban J connectivity index is 2.37. The zero-order chi connectivity index (χ0) is 14.0. The predicted molar refractivity (Wildman–Crippen MR) is 73.0 cm³/mol. The molecular formula is C12H9BrFN3O2. The third kappa shape index (κ3) is 3.05. The van der Waals surface area contributed by atoms with Crippen LogP contribution in [0, 0.1) is 22.9 Å². The van der Waals surface area contributed by atoms with Crippen molar-refractivity contribution in [3.8, 4) is 0 Å². The summed E-state index contributed by atoms with van der Waals surface area (Å²) in [5, 5.41) is 13.7. The maximum absolute atomic E-state index is 13.4. The van der Waals surface area contributed by atoms with Crippen LogP contribution in [0.25, 0.3) is 0 Å². The van der Waals surface area contributed by atoms with E-state index in [-0.39, 0.29) is 17.3 Å². The molecule has 0 spiro atoms. The van der Waals surface area contributed by atoms with Crippen molar-refractivity contribution < 1.29 is 9.31 Å². The number of hydrogen-bond donors (Lipinski definition) is 1. The Bertz CT molecular complexity index is 649. The Hall–Kier alpha value is -2.02. The minimum atomic E-state index is -0.551. The van der Waals surface area contributed by atoms with Gasteiger partial charge in [0.25, 0.3) is 0 Å². The van der Waals surface area contributed by atoms with Crippen molar-refractivity contribution >= 4 is 33.1 Å². The molecule has 19 heavy (non-hydrogen) atoms. The molecule has 0 aliphatic rings. The molecule has 2 aromatic rings. The quantitative estimate of drug-likeness (QED) is 0.685. The molecule has 0 saturated carbocycles. The molecule has 0 aliphatic heterocycles. The van der Waals surface area contributed by atoms with Crippen molar-refractivity contribution in [2.75, 3.05) is 5.32 Å². The van der Waals surface area contributed by atoms with E-state index in [1.807, 2.05) is 0 Å². The highest BCUT2D eigenvalue weighted by atomic mass is 79.9. The van der Waals surface area contributed by atoms with E-state index in [9.17, 15) is 14.5 Å². The summed E-state index contributed by atoms with van der Waals surface area (Å²) in [5.74, 6) is -0.318. The first-order chi connectivity index (χ1) is 8.97. The van der Waals surface area contributed by atoms with Crippen molar-refractivity contribution in [1.82, 2.24) is 4.98 Å². The Morgan fingerprint density at radius 2 is 2.16 bits per heavy atom. The number of rotatable bonds is 3. The number of aryl methyl sites for hydroxylation is 1. The van der Waals surface area contributed by atoms with Gasteiger partial charge in [0.1, 0.15) is 5.82 Å². The fourth-order valence-corrected chi connectivity index (χ4v) is 1.79. The van der Waals surface area contributed by atoms with Crippen LogP contribution in [-0.2, 0) is 0 Å². The number of nitrogens with one attached hydrogen (secondary N) is 1. The molecule has 1 aromatic heterocycles. The molecule has 2 rings (SSSR count). The number of aromatic nitrogens is 1. The van der Waals surface area contributed by atoms with Gasteiger partial charge in [-0.1, -0.05) is 6.07 Å². The van der Waals surface area contributed by atoms with Gasteiger partial charge in [0, 0.05) is 22.4 Å². The van der Waals surface area contributed by atoms with E-state index >= 15 is 0 Å². The molecule has 98 valence electrons. The molecule has 5 nitrogen and oxygen atoms in total. The van der Waals surface area contributed by atoms with E-state index in [1.165, 1.54) is 18.3 Å². The molecule has 0 atom stereocenters. The topological polar surface area (TPSA) is 68.1 Å². The molecule has 1 aromatic carbocycles. The smallest absolute Gasteiger partial charge is 0.312 e. The molecule has 0 unspecified atom stereocenters. The van der Waals surface area contributed by atoms with Crippen LogP contribution < -0.4 is 5.32 Å². The second kappa shape index (κ2) is 5.31. The van der Waals surface area contributed by atoms with Gasteiger partial charge < -0.3 is 5.32 Å². The first-order valence-electron chi connectivity index (χ1n) is 5.30. The highest BCUT2D eigenvalue weighted by molar-refractivity contribution is 9.10. The van der Waals surface area contributed by atoms with Gasteiger partial charge in [-0.15, -0.1) is 0 Å². The number of nitrogens with zero attached hydrogens (tertiary/aromatic N) is 2. The van der Waals surface area contributed by atoms with Crippen LogP contribution in [0.15, 0.2) is 34.9 Å². The standard InChI is InChI=1S/C12H9BrFN3O2/c1-7-2-3-9(5-10(7)14)16-12-11(17(18)19)4-8(13)6-15-12/h2-6H,1H3,(H,15,16). The van der Waals surface area contributed by atoms with Crippen LogP contribution in [-0.4, -0.2) is 9.91 Å². The molecule has 0 amide bonds. The number of nitro groups is 1. The van der Waals surface area contributed by atoms with Crippen LogP contribution in [0.3, 0.4) is 0 Å². The summed E-state index contributed by atoms with van der Waals surface area (Å²) in [6.07, 6.45) is 1.43. The zero-order valence-corrected chi connectivity index (χ0v) is 11.4. The van der Waals surface area contributed by atoms with Gasteiger partial charge in [-0.25, -0.2) is 9.37 Å². The number of pyridine rings is 1. The lowest BCUT2D eigenvalue weighted by atomic mass is 10.2. The minimum absolute atomic E-state index is 0.0662. The SMILES string of the molecule is Cc1ccc(Nc2ncc(Br)cc2[N+](=O)[O-])cc1F. The van der Waals surface area contributed by atoms with Crippen LogP contribution in [0.1, 0.15) is 5.56 Å². The summed E-state index contributed by atoms with van der Waals surface area (Å²) in [6, 6.07) is 5.82. The van der Waals surface area contributed by atoms with Gasteiger partial charge >= 0.3 is 5.69 Å². The van der Waals surface area contributed by atoms with Gasteiger partial charge in [0.2, 0.25) is 5.82 Å². The monoisotopic (exact) mass is 325 g/mol. The second-order valence-corrected chi connectivity index (χ2v) is 4.78. The summed E-state index contributed by atoms with van der Waals surface area (Å²) >= 11 is 3.12. The van der Waals surface area contributed by atoms with E-state index < -0.39 is 4.92 Å². The van der Waals surface area contributed by atoms with Gasteiger partial charge in [0.05, 0.1) is 4.92 Å². The molecule has 1 heterocycles. The number of benzene rings is 1. The summed E-state index contributed by atoms with van der Waals surface area (Å²) < 4.78 is 13.9. The Labute approximate surface area is 116 Å². The van der Waals surface area contributed by atoms with Crippen molar-refractivity contribution in [2.24, 2.45) is 0 Å². The van der Waals surface area contributed by atoms with Crippen molar-refractivity contribution in [1.29, 1.82) is 0 Å². The normalized spacial score (nSPS) is 10.3. The third-order valence-corrected chi connectivity index (χ3v) is 2.90. The van der Waals surface area contributed by atoms with Crippen LogP contribution in [0.2, 0.25) is 0 Å². The lowest BCUT2D eigenvalue weighted by Gasteiger charge is -2.07. The molecule has 0 bridgehead atoms. The summed E-state index contributed by atoms with van der Waals surface area (Å²) in [6.45, 7) is 1.64. The molecule has 0 radical (unpaired) electrons. The van der Waals surface area contributed by atoms with E-state index in [0.29, 0.717) is 15.7 Å². The van der Waals surface area contributed by atoms with E-state index in [1.54, 1.807) is 19.1 Å². The Morgan fingerprint density at radius 1 is 1.42 bits per heavy atom. The zero-order valence-electron chi connectivity index (χ0n) is 9.85. The summed E-state index contributed by atoms with van der Waals surface area (Å²) in [4.78, 5) is 14.3.